The fraction of sp³-hybridized carbons (Fsp3) is 0.0476. The fourth-order valence-electron chi connectivity index (χ4n) is 3.27. The minimum absolute atomic E-state index is 0.866. The van der Waals surface area contributed by atoms with Gasteiger partial charge in [-0.15, -0.1) is 10.2 Å². The number of hydrogen-bond donors (Lipinski definition) is 0. The van der Waals surface area contributed by atoms with Crippen molar-refractivity contribution in [3.8, 4) is 0 Å². The van der Waals surface area contributed by atoms with Gasteiger partial charge in [-0.05, 0) is 39.9 Å². The Morgan fingerprint density at radius 1 is 0.720 bits per heavy atom. The second-order valence-corrected chi connectivity index (χ2v) is 6.94. The summed E-state index contributed by atoms with van der Waals surface area (Å²) in [7, 11) is 0. The van der Waals surface area contributed by atoms with Crippen molar-refractivity contribution in [1.29, 1.82) is 0 Å². The number of pyridine rings is 1. The van der Waals surface area contributed by atoms with E-state index in [2.05, 4.69) is 87.4 Å². The van der Waals surface area contributed by atoms with Crippen molar-refractivity contribution in [3.63, 3.8) is 0 Å². The second-order valence-electron chi connectivity index (χ2n) is 6.00. The van der Waals surface area contributed by atoms with Crippen LogP contribution < -0.4 is 0 Å². The van der Waals surface area contributed by atoms with Crippen LogP contribution in [0.1, 0.15) is 5.56 Å². The summed E-state index contributed by atoms with van der Waals surface area (Å²) < 4.78 is 2.14. The summed E-state index contributed by atoms with van der Waals surface area (Å²) in [6.07, 6.45) is 0. The van der Waals surface area contributed by atoms with Crippen LogP contribution in [0.4, 0.5) is 0 Å². The van der Waals surface area contributed by atoms with Crippen LogP contribution >= 0.6 is 11.8 Å². The van der Waals surface area contributed by atoms with Gasteiger partial charge in [0.25, 0.3) is 0 Å². The molecule has 0 radical (unpaired) electrons. The van der Waals surface area contributed by atoms with Crippen LogP contribution in [0.5, 0.6) is 0 Å². The molecule has 0 fully saturated rings. The van der Waals surface area contributed by atoms with E-state index in [1.807, 2.05) is 6.07 Å². The predicted molar refractivity (Wildman–Crippen MR) is 104 cm³/mol. The number of nitrogens with zero attached hydrogens (tertiary/aromatic N) is 3. The lowest BCUT2D eigenvalue weighted by molar-refractivity contribution is 0.940. The Morgan fingerprint density at radius 2 is 1.52 bits per heavy atom. The number of hydrogen-bond acceptors (Lipinski definition) is 3. The Labute approximate surface area is 149 Å². The van der Waals surface area contributed by atoms with Gasteiger partial charge in [0.1, 0.15) is 0 Å². The van der Waals surface area contributed by atoms with Crippen molar-refractivity contribution in [1.82, 2.24) is 14.6 Å². The van der Waals surface area contributed by atoms with Gasteiger partial charge < -0.3 is 0 Å². The molecule has 0 spiro atoms. The van der Waals surface area contributed by atoms with E-state index in [4.69, 9.17) is 0 Å². The Bertz CT molecular complexity index is 1200. The molecule has 0 atom stereocenters. The maximum absolute atomic E-state index is 4.42. The fourth-order valence-corrected chi connectivity index (χ4v) is 4.22. The van der Waals surface area contributed by atoms with Gasteiger partial charge in [0.15, 0.2) is 10.8 Å². The maximum Gasteiger partial charge on any atom is 0.196 e. The van der Waals surface area contributed by atoms with E-state index in [1.54, 1.807) is 11.8 Å². The number of aromatic nitrogens is 3. The lowest BCUT2D eigenvalue weighted by atomic mass is 10.1. The smallest absolute Gasteiger partial charge is 0.196 e. The molecule has 5 rings (SSSR count). The van der Waals surface area contributed by atoms with Gasteiger partial charge in [-0.2, -0.15) is 0 Å². The van der Waals surface area contributed by atoms with Crippen molar-refractivity contribution < 1.29 is 0 Å². The molecule has 2 aromatic heterocycles. The van der Waals surface area contributed by atoms with Crippen LogP contribution in [-0.2, 0) is 5.75 Å². The van der Waals surface area contributed by atoms with Gasteiger partial charge in [-0.1, -0.05) is 72.4 Å². The molecule has 0 amide bonds. The van der Waals surface area contributed by atoms with Crippen molar-refractivity contribution in [2.24, 2.45) is 0 Å². The highest BCUT2D eigenvalue weighted by atomic mass is 32.2. The minimum Gasteiger partial charge on any atom is -0.270 e. The molecule has 25 heavy (non-hydrogen) atoms. The summed E-state index contributed by atoms with van der Waals surface area (Å²) in [6, 6.07) is 27.5. The number of para-hydroxylation sites is 1. The molecule has 120 valence electrons. The normalized spacial score (nSPS) is 11.5. The van der Waals surface area contributed by atoms with Crippen LogP contribution in [0.15, 0.2) is 84.0 Å². The first kappa shape index (κ1) is 14.5. The van der Waals surface area contributed by atoms with Gasteiger partial charge in [0, 0.05) is 5.75 Å². The van der Waals surface area contributed by atoms with Crippen LogP contribution in [0, 0.1) is 0 Å². The van der Waals surface area contributed by atoms with E-state index in [1.165, 1.54) is 21.7 Å². The number of thioether (sulfide) groups is 1. The van der Waals surface area contributed by atoms with Crippen LogP contribution in [0.25, 0.3) is 27.3 Å². The van der Waals surface area contributed by atoms with Gasteiger partial charge in [-0.3, -0.25) is 4.40 Å². The average molecular weight is 341 g/mol. The summed E-state index contributed by atoms with van der Waals surface area (Å²) in [5, 5.41) is 13.5. The monoisotopic (exact) mass is 341 g/mol. The van der Waals surface area contributed by atoms with Gasteiger partial charge >= 0.3 is 0 Å². The molecule has 4 heteroatoms. The molecule has 0 bridgehead atoms. The molecule has 5 aromatic rings. The Balaban J connectivity index is 1.57. The lowest BCUT2D eigenvalue weighted by Gasteiger charge is -2.07. The van der Waals surface area contributed by atoms with Gasteiger partial charge in [0.05, 0.1) is 5.52 Å². The summed E-state index contributed by atoms with van der Waals surface area (Å²) >= 11 is 1.73. The van der Waals surface area contributed by atoms with E-state index in [9.17, 15) is 0 Å². The molecular weight excluding hydrogens is 326 g/mol. The van der Waals surface area contributed by atoms with E-state index in [0.29, 0.717) is 0 Å². The average Bonchev–Trinajstić information content (AvgIpc) is 3.10. The predicted octanol–water partition coefficient (Wildman–Crippen LogP) is 5.33. The molecular formula is C21H15N3S. The summed E-state index contributed by atoms with van der Waals surface area (Å²) in [5.74, 6) is 0.866. The molecule has 0 aliphatic heterocycles. The Kier molecular flexibility index (Phi) is 3.42. The van der Waals surface area contributed by atoms with Crippen LogP contribution in [0.3, 0.4) is 0 Å². The molecule has 0 N–H and O–H groups in total. The highest BCUT2D eigenvalue weighted by Gasteiger charge is 2.10. The van der Waals surface area contributed by atoms with Crippen molar-refractivity contribution in [2.75, 3.05) is 0 Å². The molecule has 3 aromatic carbocycles. The Hall–Kier alpha value is -2.85. The number of benzene rings is 3. The third kappa shape index (κ3) is 2.46. The lowest BCUT2D eigenvalue weighted by Crippen LogP contribution is -1.91. The van der Waals surface area contributed by atoms with Crippen molar-refractivity contribution in [3.05, 3.63) is 84.4 Å². The van der Waals surface area contributed by atoms with Crippen LogP contribution in [-0.4, -0.2) is 14.6 Å². The molecule has 0 aliphatic carbocycles. The zero-order chi connectivity index (χ0) is 16.6. The molecule has 2 heterocycles. The molecule has 3 nitrogen and oxygen atoms in total. The van der Waals surface area contributed by atoms with E-state index in [-0.39, 0.29) is 0 Å². The third-order valence-electron chi connectivity index (χ3n) is 4.48. The minimum atomic E-state index is 0.866. The quantitative estimate of drug-likeness (QED) is 0.416. The first-order valence-corrected chi connectivity index (χ1v) is 9.21. The molecule has 0 saturated carbocycles. The zero-order valence-electron chi connectivity index (χ0n) is 13.5. The van der Waals surface area contributed by atoms with E-state index >= 15 is 0 Å². The second kappa shape index (κ2) is 5.90. The first-order chi connectivity index (χ1) is 12.4. The van der Waals surface area contributed by atoms with Gasteiger partial charge in [0.2, 0.25) is 0 Å². The van der Waals surface area contributed by atoms with E-state index in [0.717, 1.165) is 22.1 Å². The first-order valence-electron chi connectivity index (χ1n) is 8.22. The highest BCUT2D eigenvalue weighted by Crippen LogP contribution is 2.28. The number of fused-ring (bicyclic) bond motifs is 4. The van der Waals surface area contributed by atoms with E-state index < -0.39 is 0 Å². The SMILES string of the molecule is c1ccc2c(CSc3nnc4ccc5ccccc5n34)cccc2c1. The Morgan fingerprint density at radius 3 is 2.48 bits per heavy atom. The number of rotatable bonds is 3. The van der Waals surface area contributed by atoms with Gasteiger partial charge in [-0.25, -0.2) is 0 Å². The van der Waals surface area contributed by atoms with Crippen LogP contribution in [0.2, 0.25) is 0 Å². The summed E-state index contributed by atoms with van der Waals surface area (Å²) in [4.78, 5) is 0. The largest absolute Gasteiger partial charge is 0.270 e. The topological polar surface area (TPSA) is 30.2 Å². The molecule has 0 unspecified atom stereocenters. The molecule has 0 saturated heterocycles. The highest BCUT2D eigenvalue weighted by molar-refractivity contribution is 7.98. The zero-order valence-corrected chi connectivity index (χ0v) is 14.3. The van der Waals surface area contributed by atoms with Crippen molar-refractivity contribution >= 4 is 39.1 Å². The summed E-state index contributed by atoms with van der Waals surface area (Å²) in [5.41, 5.74) is 3.35. The van der Waals surface area contributed by atoms with Crippen molar-refractivity contribution in [2.45, 2.75) is 10.9 Å². The molecule has 0 aliphatic rings. The maximum atomic E-state index is 4.42. The summed E-state index contributed by atoms with van der Waals surface area (Å²) in [6.45, 7) is 0. The third-order valence-corrected chi connectivity index (χ3v) is 5.46. The standard InChI is InChI=1S/C21H15N3S/c1-3-10-18-15(6-1)8-5-9-17(18)14-25-21-23-22-20-13-12-16-7-2-4-11-19(16)24(20)21/h1-13H,14H2.